The van der Waals surface area contributed by atoms with Gasteiger partial charge in [0.25, 0.3) is 0 Å². The van der Waals surface area contributed by atoms with Crippen LogP contribution >= 0.6 is 15.6 Å². The van der Waals surface area contributed by atoms with Crippen LogP contribution in [0.25, 0.3) is 0 Å². The summed E-state index contributed by atoms with van der Waals surface area (Å²) in [4.78, 5) is 72.1. The zero-order chi connectivity index (χ0) is 61.3. The Hall–Kier alpha value is -1.94. The lowest BCUT2D eigenvalue weighted by atomic mass is 10.0. The van der Waals surface area contributed by atoms with Gasteiger partial charge in [-0.05, 0) is 31.6 Å². The van der Waals surface area contributed by atoms with Crippen molar-refractivity contribution in [3.8, 4) is 0 Å². The molecule has 3 N–H and O–H groups in total. The molecular weight excluding hydrogens is 1100 g/mol. The van der Waals surface area contributed by atoms with Gasteiger partial charge in [-0.3, -0.25) is 37.3 Å². The number of esters is 4. The first-order chi connectivity index (χ1) is 40.0. The number of carbonyl (C=O) groups is 4. The van der Waals surface area contributed by atoms with Crippen molar-refractivity contribution in [3.63, 3.8) is 0 Å². The van der Waals surface area contributed by atoms with Gasteiger partial charge >= 0.3 is 39.5 Å². The van der Waals surface area contributed by atoms with Crippen LogP contribution in [0.2, 0.25) is 0 Å². The number of carbonyl (C=O) groups excluding carboxylic acids is 4. The topological polar surface area (TPSA) is 237 Å². The van der Waals surface area contributed by atoms with Crippen LogP contribution in [0.15, 0.2) is 0 Å². The molecule has 17 nitrogen and oxygen atoms in total. The molecule has 0 saturated heterocycles. The molecule has 0 amide bonds. The van der Waals surface area contributed by atoms with Crippen molar-refractivity contribution in [1.82, 2.24) is 0 Å². The summed E-state index contributed by atoms with van der Waals surface area (Å²) in [6.07, 6.45) is 41.7. The Morgan fingerprint density at radius 2 is 0.554 bits per heavy atom. The number of ether oxygens (including phenoxy) is 4. The number of aliphatic hydroxyl groups excluding tert-OH is 1. The fraction of sp³-hybridized carbons (Fsp3) is 0.938. The van der Waals surface area contributed by atoms with E-state index in [-0.39, 0.29) is 25.7 Å². The number of phosphoric acid groups is 2. The quantitative estimate of drug-likeness (QED) is 0.0222. The zero-order valence-corrected chi connectivity index (χ0v) is 55.1. The molecule has 0 fully saturated rings. The first kappa shape index (κ1) is 81.1. The number of rotatable bonds is 64. The van der Waals surface area contributed by atoms with Crippen molar-refractivity contribution in [2.45, 2.75) is 342 Å². The van der Waals surface area contributed by atoms with Gasteiger partial charge in [-0.1, -0.05) is 272 Å². The summed E-state index contributed by atoms with van der Waals surface area (Å²) in [5.74, 6) is -1.47. The summed E-state index contributed by atoms with van der Waals surface area (Å²) in [5.41, 5.74) is 0. The Bertz CT molecular complexity index is 1620. The summed E-state index contributed by atoms with van der Waals surface area (Å²) in [6, 6.07) is 0. The molecule has 0 aromatic rings. The van der Waals surface area contributed by atoms with Crippen molar-refractivity contribution in [3.05, 3.63) is 0 Å². The largest absolute Gasteiger partial charge is 0.472 e. The fourth-order valence-electron chi connectivity index (χ4n) is 9.58. The first-order valence-electron chi connectivity index (χ1n) is 33.6. The molecule has 2 unspecified atom stereocenters. The van der Waals surface area contributed by atoms with Crippen LogP contribution in [0.4, 0.5) is 0 Å². The maximum Gasteiger partial charge on any atom is 0.472 e. The third-order valence-electron chi connectivity index (χ3n) is 14.8. The summed E-state index contributed by atoms with van der Waals surface area (Å²) < 4.78 is 67.9. The van der Waals surface area contributed by atoms with E-state index in [0.717, 1.165) is 89.9 Å². The number of phosphoric ester groups is 2. The molecular formula is C64H124O17P2. The summed E-state index contributed by atoms with van der Waals surface area (Å²) in [6.45, 7) is 7.09. The molecule has 0 aliphatic heterocycles. The van der Waals surface area contributed by atoms with Gasteiger partial charge in [-0.2, -0.15) is 0 Å². The maximum atomic E-state index is 13.0. The van der Waals surface area contributed by atoms with Crippen LogP contribution < -0.4 is 0 Å². The molecule has 0 saturated carbocycles. The molecule has 0 spiro atoms. The van der Waals surface area contributed by atoms with Gasteiger partial charge in [0.15, 0.2) is 12.2 Å². The van der Waals surface area contributed by atoms with Gasteiger partial charge in [0.1, 0.15) is 19.3 Å². The van der Waals surface area contributed by atoms with Crippen molar-refractivity contribution >= 4 is 39.5 Å². The van der Waals surface area contributed by atoms with Gasteiger partial charge < -0.3 is 33.8 Å². The van der Waals surface area contributed by atoms with Crippen molar-refractivity contribution < 1.29 is 80.2 Å². The molecule has 5 atom stereocenters. The molecule has 492 valence electrons. The van der Waals surface area contributed by atoms with Crippen LogP contribution in [0, 0.1) is 5.92 Å². The highest BCUT2D eigenvalue weighted by Crippen LogP contribution is 2.45. The monoisotopic (exact) mass is 1230 g/mol. The van der Waals surface area contributed by atoms with E-state index < -0.39 is 97.5 Å². The summed E-state index contributed by atoms with van der Waals surface area (Å²) in [7, 11) is -9.88. The summed E-state index contributed by atoms with van der Waals surface area (Å²) in [5, 5.41) is 10.5. The second-order valence-corrected chi connectivity index (χ2v) is 26.5. The lowest BCUT2D eigenvalue weighted by Crippen LogP contribution is -2.30. The Morgan fingerprint density at radius 3 is 0.819 bits per heavy atom. The minimum absolute atomic E-state index is 0.102. The molecule has 19 heteroatoms. The highest BCUT2D eigenvalue weighted by molar-refractivity contribution is 7.47. The zero-order valence-electron chi connectivity index (χ0n) is 53.3. The minimum atomic E-state index is -4.94. The third-order valence-corrected chi connectivity index (χ3v) is 16.7. The second-order valence-electron chi connectivity index (χ2n) is 23.6. The predicted octanol–water partition coefficient (Wildman–Crippen LogP) is 17.8. The van der Waals surface area contributed by atoms with Crippen LogP contribution in [0.5, 0.6) is 0 Å². The van der Waals surface area contributed by atoms with E-state index in [0.29, 0.717) is 31.6 Å². The molecule has 0 aliphatic rings. The Kier molecular flexibility index (Phi) is 56.4. The van der Waals surface area contributed by atoms with Crippen molar-refractivity contribution in [1.29, 1.82) is 0 Å². The van der Waals surface area contributed by atoms with Crippen LogP contribution in [0.3, 0.4) is 0 Å². The average molecular weight is 1230 g/mol. The number of hydrogen-bond donors (Lipinski definition) is 3. The predicted molar refractivity (Wildman–Crippen MR) is 331 cm³/mol. The normalized spacial score (nSPS) is 14.2. The maximum absolute atomic E-state index is 13.0. The van der Waals surface area contributed by atoms with E-state index in [1.807, 2.05) is 0 Å². The third kappa shape index (κ3) is 58.8. The molecule has 0 aliphatic carbocycles. The molecule has 83 heavy (non-hydrogen) atoms. The first-order valence-corrected chi connectivity index (χ1v) is 36.6. The second kappa shape index (κ2) is 57.8. The average Bonchev–Trinajstić information content (AvgIpc) is 3.50. The van der Waals surface area contributed by atoms with Gasteiger partial charge in [-0.15, -0.1) is 0 Å². The fourth-order valence-corrected chi connectivity index (χ4v) is 11.2. The highest BCUT2D eigenvalue weighted by atomic mass is 31.2. The molecule has 0 bridgehead atoms. The van der Waals surface area contributed by atoms with Crippen LogP contribution in [-0.2, 0) is 65.4 Å². The van der Waals surface area contributed by atoms with E-state index in [1.165, 1.54) is 148 Å². The van der Waals surface area contributed by atoms with E-state index in [2.05, 4.69) is 34.6 Å². The van der Waals surface area contributed by atoms with Crippen molar-refractivity contribution in [2.24, 2.45) is 5.92 Å². The van der Waals surface area contributed by atoms with Gasteiger partial charge in [-0.25, -0.2) is 9.13 Å². The van der Waals surface area contributed by atoms with Gasteiger partial charge in [0.2, 0.25) is 0 Å². The molecule has 0 radical (unpaired) electrons. The van der Waals surface area contributed by atoms with E-state index in [9.17, 15) is 43.2 Å². The van der Waals surface area contributed by atoms with E-state index in [4.69, 9.17) is 37.0 Å². The SMILES string of the molecule is CCCCCCCCCCCCCCCC(=O)O[C@H](COC(=O)CCCCCCCCCCCCCC)COP(=O)(O)OC[C@@H](O)COP(=O)(O)OC[C@@H](COC(=O)CCCCCCCCCCC)OC(=O)CCCCCCCCC(C)C. The standard InChI is InChI=1S/C64H124O17P2/c1-6-9-12-15-18-21-23-25-27-30-33-39-44-49-63(68)80-59(53-75-62(67)48-43-38-32-29-26-24-22-19-16-13-10-7-2)55-78-82(70,71)76-51-58(65)52-77-83(72,73)79-56-60(81-64(69)50-45-40-35-34-36-41-46-57(4)5)54-74-61(66)47-42-37-31-28-20-17-14-11-8-3/h57-60,65H,6-56H2,1-5H3,(H,70,71)(H,72,73)/t58-,59-,60-/m1/s1. The summed E-state index contributed by atoms with van der Waals surface area (Å²) >= 11 is 0. The van der Waals surface area contributed by atoms with Crippen LogP contribution in [-0.4, -0.2) is 96.7 Å². The molecule has 0 aromatic heterocycles. The van der Waals surface area contributed by atoms with Crippen LogP contribution in [0.1, 0.15) is 324 Å². The smallest absolute Gasteiger partial charge is 0.462 e. The number of unbranched alkanes of at least 4 members (excludes halogenated alkanes) is 36. The Balaban J connectivity index is 5.23. The van der Waals surface area contributed by atoms with Gasteiger partial charge in [0, 0.05) is 25.7 Å². The molecule has 0 heterocycles. The lowest BCUT2D eigenvalue weighted by Gasteiger charge is -2.21. The minimum Gasteiger partial charge on any atom is -0.462 e. The van der Waals surface area contributed by atoms with E-state index in [1.54, 1.807) is 0 Å². The Labute approximate surface area is 505 Å². The highest BCUT2D eigenvalue weighted by Gasteiger charge is 2.30. The lowest BCUT2D eigenvalue weighted by molar-refractivity contribution is -0.161. The van der Waals surface area contributed by atoms with Crippen molar-refractivity contribution in [2.75, 3.05) is 39.6 Å². The van der Waals surface area contributed by atoms with Gasteiger partial charge in [0.05, 0.1) is 26.4 Å². The molecule has 0 rings (SSSR count). The Morgan fingerprint density at radius 1 is 0.325 bits per heavy atom. The van der Waals surface area contributed by atoms with E-state index >= 15 is 0 Å². The molecule has 0 aromatic carbocycles. The number of hydrogen-bond acceptors (Lipinski definition) is 15. The number of aliphatic hydroxyl groups is 1.